The largest absolute Gasteiger partial charge is 0.507 e. The van der Waals surface area contributed by atoms with Gasteiger partial charge in [0.1, 0.15) is 5.75 Å². The zero-order chi connectivity index (χ0) is 12.4. The molecule has 0 spiro atoms. The van der Waals surface area contributed by atoms with Crippen molar-refractivity contribution in [3.63, 3.8) is 0 Å². The van der Waals surface area contributed by atoms with Crippen molar-refractivity contribution in [2.75, 3.05) is 6.54 Å². The Hall–Kier alpha value is -1.03. The van der Waals surface area contributed by atoms with Gasteiger partial charge in [-0.1, -0.05) is 22.9 Å². The third-order valence-corrected chi connectivity index (χ3v) is 3.71. The molecule has 4 heteroatoms. The summed E-state index contributed by atoms with van der Waals surface area (Å²) in [5.41, 5.74) is 0.330. The van der Waals surface area contributed by atoms with Crippen LogP contribution in [-0.2, 0) is 0 Å². The number of halogens is 1. The lowest BCUT2D eigenvalue weighted by atomic mass is 10.1. The molecule has 0 saturated heterocycles. The molecule has 2 N–H and O–H groups in total. The number of benzene rings is 1. The minimum atomic E-state index is -0.206. The molecule has 0 bridgehead atoms. The van der Waals surface area contributed by atoms with Gasteiger partial charge in [-0.2, -0.15) is 0 Å². The number of rotatable bonds is 4. The van der Waals surface area contributed by atoms with E-state index < -0.39 is 0 Å². The summed E-state index contributed by atoms with van der Waals surface area (Å²) >= 11 is 3.24. The fourth-order valence-corrected chi connectivity index (χ4v) is 2.23. The van der Waals surface area contributed by atoms with Crippen LogP contribution in [0.5, 0.6) is 5.75 Å². The van der Waals surface area contributed by atoms with E-state index in [-0.39, 0.29) is 11.7 Å². The molecule has 1 saturated carbocycles. The molecule has 1 aliphatic carbocycles. The van der Waals surface area contributed by atoms with Crippen LogP contribution in [0.2, 0.25) is 0 Å². The van der Waals surface area contributed by atoms with Crippen LogP contribution < -0.4 is 5.32 Å². The Balaban J connectivity index is 1.94. The summed E-state index contributed by atoms with van der Waals surface area (Å²) in [5, 5.41) is 12.5. The first-order chi connectivity index (χ1) is 8.08. The van der Waals surface area contributed by atoms with Gasteiger partial charge < -0.3 is 10.4 Å². The topological polar surface area (TPSA) is 49.3 Å². The number of hydrogen-bond acceptors (Lipinski definition) is 2. The molecule has 1 fully saturated rings. The molecular weight excluding hydrogens is 282 g/mol. The lowest BCUT2D eigenvalue weighted by Crippen LogP contribution is -2.29. The van der Waals surface area contributed by atoms with Crippen LogP contribution in [0.3, 0.4) is 0 Å². The molecule has 0 radical (unpaired) electrons. The molecule has 17 heavy (non-hydrogen) atoms. The second-order valence-electron chi connectivity index (χ2n) is 4.69. The van der Waals surface area contributed by atoms with Crippen LogP contribution in [0.15, 0.2) is 22.7 Å². The number of carbonyl (C=O) groups is 1. The van der Waals surface area contributed by atoms with E-state index in [1.165, 1.54) is 18.9 Å². The Bertz CT molecular complexity index is 429. The highest BCUT2D eigenvalue weighted by Crippen LogP contribution is 2.36. The van der Waals surface area contributed by atoms with Crippen LogP contribution in [0.1, 0.15) is 30.1 Å². The van der Waals surface area contributed by atoms with Gasteiger partial charge in [0.15, 0.2) is 0 Å². The van der Waals surface area contributed by atoms with Crippen molar-refractivity contribution < 1.29 is 9.90 Å². The molecular formula is C13H16BrNO2. The number of phenols is 1. The summed E-state index contributed by atoms with van der Waals surface area (Å²) in [6.45, 7) is 2.83. The summed E-state index contributed by atoms with van der Waals surface area (Å²) in [6.07, 6.45) is 2.56. The third-order valence-electron chi connectivity index (χ3n) is 3.22. The van der Waals surface area contributed by atoms with Gasteiger partial charge in [0.25, 0.3) is 5.91 Å². The number of hydrogen-bond donors (Lipinski definition) is 2. The lowest BCUT2D eigenvalue weighted by molar-refractivity contribution is 0.0944. The Labute approximate surface area is 109 Å². The van der Waals surface area contributed by atoms with Crippen molar-refractivity contribution in [3.8, 4) is 5.75 Å². The zero-order valence-electron chi connectivity index (χ0n) is 9.74. The van der Waals surface area contributed by atoms with Crippen LogP contribution in [0.4, 0.5) is 0 Å². The quantitative estimate of drug-likeness (QED) is 0.898. The van der Waals surface area contributed by atoms with Gasteiger partial charge in [0.2, 0.25) is 0 Å². The molecule has 1 amide bonds. The smallest absolute Gasteiger partial charge is 0.255 e. The molecule has 0 aliphatic heterocycles. The normalized spacial score (nSPS) is 16.6. The average molecular weight is 298 g/mol. The van der Waals surface area contributed by atoms with Gasteiger partial charge in [-0.05, 0) is 42.9 Å². The van der Waals surface area contributed by atoms with Crippen molar-refractivity contribution in [2.24, 2.45) is 11.8 Å². The van der Waals surface area contributed by atoms with E-state index in [1.807, 2.05) is 0 Å². The van der Waals surface area contributed by atoms with Crippen molar-refractivity contribution in [1.82, 2.24) is 5.32 Å². The van der Waals surface area contributed by atoms with Gasteiger partial charge in [-0.15, -0.1) is 0 Å². The maximum Gasteiger partial charge on any atom is 0.255 e. The second kappa shape index (κ2) is 5.08. The van der Waals surface area contributed by atoms with Gasteiger partial charge in [0.05, 0.1) is 5.56 Å². The monoisotopic (exact) mass is 297 g/mol. The van der Waals surface area contributed by atoms with Crippen LogP contribution in [-0.4, -0.2) is 17.6 Å². The molecule has 1 aromatic carbocycles. The predicted octanol–water partition coefficient (Wildman–Crippen LogP) is 2.93. The van der Waals surface area contributed by atoms with E-state index in [9.17, 15) is 9.90 Å². The Morgan fingerprint density at radius 3 is 2.88 bits per heavy atom. The fourth-order valence-electron chi connectivity index (χ4n) is 1.88. The summed E-state index contributed by atoms with van der Waals surface area (Å²) in [4.78, 5) is 11.8. The fraction of sp³-hybridized carbons (Fsp3) is 0.462. The van der Waals surface area contributed by atoms with E-state index in [4.69, 9.17) is 0 Å². The standard InChI is InChI=1S/C13H16BrNO2/c1-8(9-2-3-9)7-15-13(17)11-5-4-10(14)6-12(11)16/h4-6,8-9,16H,2-3,7H2,1H3,(H,15,17). The van der Waals surface area contributed by atoms with Crippen molar-refractivity contribution in [2.45, 2.75) is 19.8 Å². The molecule has 1 atom stereocenters. The second-order valence-corrected chi connectivity index (χ2v) is 5.60. The minimum absolute atomic E-state index is 0.0101. The highest BCUT2D eigenvalue weighted by Gasteiger charge is 2.28. The van der Waals surface area contributed by atoms with Crippen molar-refractivity contribution in [1.29, 1.82) is 0 Å². The van der Waals surface area contributed by atoms with Gasteiger partial charge in [0, 0.05) is 11.0 Å². The molecule has 3 nitrogen and oxygen atoms in total. The first-order valence-corrected chi connectivity index (χ1v) is 6.64. The molecule has 1 unspecified atom stereocenters. The molecule has 0 heterocycles. The van der Waals surface area contributed by atoms with Crippen molar-refractivity contribution in [3.05, 3.63) is 28.2 Å². The number of phenolic OH excluding ortho intramolecular Hbond substituents is 1. The van der Waals surface area contributed by atoms with E-state index in [0.717, 1.165) is 10.4 Å². The molecule has 2 rings (SSSR count). The average Bonchev–Trinajstić information content (AvgIpc) is 3.09. The summed E-state index contributed by atoms with van der Waals surface area (Å²) in [7, 11) is 0. The number of carbonyl (C=O) groups excluding carboxylic acids is 1. The summed E-state index contributed by atoms with van der Waals surface area (Å²) in [5.74, 6) is 1.10. The van der Waals surface area contributed by atoms with Crippen LogP contribution in [0.25, 0.3) is 0 Å². The highest BCUT2D eigenvalue weighted by molar-refractivity contribution is 9.10. The van der Waals surface area contributed by atoms with E-state index in [1.54, 1.807) is 12.1 Å². The lowest BCUT2D eigenvalue weighted by Gasteiger charge is -2.12. The predicted molar refractivity (Wildman–Crippen MR) is 70.0 cm³/mol. The Morgan fingerprint density at radius 1 is 1.59 bits per heavy atom. The molecule has 1 aliphatic rings. The maximum atomic E-state index is 11.8. The third kappa shape index (κ3) is 3.22. The van der Waals surface area contributed by atoms with Gasteiger partial charge >= 0.3 is 0 Å². The van der Waals surface area contributed by atoms with Crippen molar-refractivity contribution >= 4 is 21.8 Å². The SMILES string of the molecule is CC(CNC(=O)c1ccc(Br)cc1O)C1CC1. The van der Waals surface area contributed by atoms with E-state index >= 15 is 0 Å². The summed E-state index contributed by atoms with van der Waals surface area (Å²) < 4.78 is 0.762. The van der Waals surface area contributed by atoms with E-state index in [2.05, 4.69) is 28.2 Å². The number of nitrogens with one attached hydrogen (secondary N) is 1. The van der Waals surface area contributed by atoms with Crippen LogP contribution in [0, 0.1) is 11.8 Å². The minimum Gasteiger partial charge on any atom is -0.507 e. The summed E-state index contributed by atoms with van der Waals surface area (Å²) in [6, 6.07) is 4.90. The number of aromatic hydroxyl groups is 1. The van der Waals surface area contributed by atoms with Gasteiger partial charge in [-0.3, -0.25) is 4.79 Å². The first-order valence-electron chi connectivity index (χ1n) is 5.84. The zero-order valence-corrected chi connectivity index (χ0v) is 11.3. The Morgan fingerprint density at radius 2 is 2.29 bits per heavy atom. The van der Waals surface area contributed by atoms with Crippen LogP contribution >= 0.6 is 15.9 Å². The molecule has 92 valence electrons. The Kier molecular flexibility index (Phi) is 3.72. The number of amides is 1. The highest BCUT2D eigenvalue weighted by atomic mass is 79.9. The van der Waals surface area contributed by atoms with Gasteiger partial charge in [-0.25, -0.2) is 0 Å². The maximum absolute atomic E-state index is 11.8. The molecule has 1 aromatic rings. The first kappa shape index (κ1) is 12.4. The molecule has 0 aromatic heterocycles. The van der Waals surface area contributed by atoms with E-state index in [0.29, 0.717) is 18.0 Å².